The van der Waals surface area contributed by atoms with Gasteiger partial charge in [0.2, 0.25) is 0 Å². The molecule has 0 atom stereocenters. The highest BCUT2D eigenvalue weighted by Gasteiger charge is 2.20. The summed E-state index contributed by atoms with van der Waals surface area (Å²) in [6.45, 7) is 7.77. The number of pyridine rings is 1. The summed E-state index contributed by atoms with van der Waals surface area (Å²) < 4.78 is 5.25. The van der Waals surface area contributed by atoms with Gasteiger partial charge in [-0.1, -0.05) is 32.0 Å². The monoisotopic (exact) mass is 314 g/mol. The summed E-state index contributed by atoms with van der Waals surface area (Å²) >= 11 is 0. The lowest BCUT2D eigenvalue weighted by molar-refractivity contribution is 0.0299. The molecular weight excluding hydrogens is 292 g/mol. The fourth-order valence-electron chi connectivity index (χ4n) is 2.48. The largest absolute Gasteiger partial charge is 0.378 e. The molecule has 1 saturated heterocycles. The second-order valence-corrected chi connectivity index (χ2v) is 5.03. The zero-order valence-electron chi connectivity index (χ0n) is 13.8. The maximum absolute atomic E-state index is 12.4. The van der Waals surface area contributed by atoms with Crippen LogP contribution in [0.15, 0.2) is 30.3 Å². The summed E-state index contributed by atoms with van der Waals surface area (Å²) in [6, 6.07) is 9.00. The number of Topliss-reactive ketones (excluding diaryl/α,β-unsaturated/α-hetero) is 1. The van der Waals surface area contributed by atoms with Crippen LogP contribution in [0, 0.1) is 0 Å². The number of hydrogen-bond acceptors (Lipinski definition) is 4. The molecule has 5 heteroatoms. The highest BCUT2D eigenvalue weighted by Crippen LogP contribution is 2.18. The molecule has 3 rings (SSSR count). The van der Waals surface area contributed by atoms with Crippen LogP contribution in [0.25, 0.3) is 10.9 Å². The molecule has 5 nitrogen and oxygen atoms in total. The first-order valence-electron chi connectivity index (χ1n) is 7.94. The van der Waals surface area contributed by atoms with Gasteiger partial charge in [-0.15, -0.1) is 0 Å². The third-order valence-electron chi connectivity index (χ3n) is 3.62. The minimum Gasteiger partial charge on any atom is -0.378 e. The number of para-hydroxylation sites is 1. The van der Waals surface area contributed by atoms with E-state index < -0.39 is 0 Å². The second-order valence-electron chi connectivity index (χ2n) is 5.03. The SMILES string of the molecule is CC.CC(=O)c1cccc2ccc(C(=O)N3CCOCC3)nc12. The van der Waals surface area contributed by atoms with Crippen LogP contribution >= 0.6 is 0 Å². The number of hydrogen-bond donors (Lipinski definition) is 0. The van der Waals surface area contributed by atoms with E-state index >= 15 is 0 Å². The van der Waals surface area contributed by atoms with Crippen LogP contribution in [-0.4, -0.2) is 47.9 Å². The molecule has 2 aromatic rings. The lowest BCUT2D eigenvalue weighted by Crippen LogP contribution is -2.41. The third kappa shape index (κ3) is 3.74. The Kier molecular flexibility index (Phi) is 5.82. The van der Waals surface area contributed by atoms with Gasteiger partial charge in [-0.2, -0.15) is 0 Å². The Hall–Kier alpha value is -2.27. The van der Waals surface area contributed by atoms with Crippen LogP contribution in [0.5, 0.6) is 0 Å². The Labute approximate surface area is 136 Å². The molecular formula is C18H22N2O3. The first kappa shape index (κ1) is 17.1. The average Bonchev–Trinajstić information content (AvgIpc) is 2.62. The van der Waals surface area contributed by atoms with E-state index in [2.05, 4.69) is 4.98 Å². The van der Waals surface area contributed by atoms with Crippen molar-refractivity contribution in [2.75, 3.05) is 26.3 Å². The van der Waals surface area contributed by atoms with Gasteiger partial charge in [0, 0.05) is 24.0 Å². The van der Waals surface area contributed by atoms with Gasteiger partial charge in [0.25, 0.3) is 5.91 Å². The fraction of sp³-hybridized carbons (Fsp3) is 0.389. The molecule has 2 heterocycles. The van der Waals surface area contributed by atoms with Crippen molar-refractivity contribution in [2.24, 2.45) is 0 Å². The Morgan fingerprint density at radius 1 is 1.09 bits per heavy atom. The number of benzene rings is 1. The smallest absolute Gasteiger partial charge is 0.272 e. The van der Waals surface area contributed by atoms with Crippen LogP contribution in [0.1, 0.15) is 41.6 Å². The molecule has 1 aliphatic heterocycles. The van der Waals surface area contributed by atoms with Gasteiger partial charge in [-0.3, -0.25) is 9.59 Å². The number of ketones is 1. The van der Waals surface area contributed by atoms with Crippen molar-refractivity contribution in [3.05, 3.63) is 41.6 Å². The third-order valence-corrected chi connectivity index (χ3v) is 3.62. The van der Waals surface area contributed by atoms with Crippen molar-refractivity contribution in [2.45, 2.75) is 20.8 Å². The molecule has 122 valence electrons. The van der Waals surface area contributed by atoms with Crippen molar-refractivity contribution in [3.63, 3.8) is 0 Å². The van der Waals surface area contributed by atoms with E-state index in [1.54, 1.807) is 17.0 Å². The quantitative estimate of drug-likeness (QED) is 0.800. The van der Waals surface area contributed by atoms with Gasteiger partial charge in [-0.05, 0) is 19.1 Å². The summed E-state index contributed by atoms with van der Waals surface area (Å²) in [4.78, 5) is 30.3. The van der Waals surface area contributed by atoms with E-state index in [-0.39, 0.29) is 11.7 Å². The lowest BCUT2D eigenvalue weighted by Gasteiger charge is -2.26. The van der Waals surface area contributed by atoms with Crippen LogP contribution in [-0.2, 0) is 4.74 Å². The number of ether oxygens (including phenoxy) is 1. The van der Waals surface area contributed by atoms with Crippen LogP contribution in [0.4, 0.5) is 0 Å². The Balaban J connectivity index is 0.000000924. The molecule has 1 aliphatic rings. The van der Waals surface area contributed by atoms with Crippen LogP contribution < -0.4 is 0 Å². The zero-order valence-corrected chi connectivity index (χ0v) is 13.8. The van der Waals surface area contributed by atoms with Gasteiger partial charge in [0.1, 0.15) is 5.69 Å². The molecule has 0 N–H and O–H groups in total. The highest BCUT2D eigenvalue weighted by molar-refractivity contribution is 6.06. The molecule has 0 aliphatic carbocycles. The van der Waals surface area contributed by atoms with Crippen molar-refractivity contribution in [3.8, 4) is 0 Å². The standard InChI is InChI=1S/C16H16N2O3.C2H6/c1-11(19)13-4-2-3-12-5-6-14(17-15(12)13)16(20)18-7-9-21-10-8-18;1-2/h2-6H,7-10H2,1H3;1-2H3. The van der Waals surface area contributed by atoms with Crippen LogP contribution in [0.3, 0.4) is 0 Å². The molecule has 1 amide bonds. The number of rotatable bonds is 2. The Morgan fingerprint density at radius 3 is 2.43 bits per heavy atom. The molecule has 1 fully saturated rings. The predicted molar refractivity (Wildman–Crippen MR) is 89.8 cm³/mol. The summed E-state index contributed by atoms with van der Waals surface area (Å²) in [5.74, 6) is -0.164. The van der Waals surface area contributed by atoms with E-state index in [1.807, 2.05) is 32.0 Å². The normalized spacial score (nSPS) is 14.1. The van der Waals surface area contributed by atoms with Crippen molar-refractivity contribution >= 4 is 22.6 Å². The van der Waals surface area contributed by atoms with E-state index in [0.29, 0.717) is 43.1 Å². The number of fused-ring (bicyclic) bond motifs is 1. The molecule has 1 aromatic carbocycles. The number of amides is 1. The molecule has 0 unspecified atom stereocenters. The van der Waals surface area contributed by atoms with Crippen molar-refractivity contribution in [1.82, 2.24) is 9.88 Å². The fourth-order valence-corrected chi connectivity index (χ4v) is 2.48. The zero-order chi connectivity index (χ0) is 16.8. The van der Waals surface area contributed by atoms with Gasteiger partial charge in [0.15, 0.2) is 5.78 Å². The number of carbonyl (C=O) groups excluding carboxylic acids is 2. The maximum Gasteiger partial charge on any atom is 0.272 e. The van der Waals surface area contributed by atoms with E-state index in [0.717, 1.165) is 5.39 Å². The summed E-state index contributed by atoms with van der Waals surface area (Å²) in [5.41, 5.74) is 1.51. The molecule has 0 radical (unpaired) electrons. The first-order chi connectivity index (χ1) is 11.2. The predicted octanol–water partition coefficient (Wildman–Crippen LogP) is 2.94. The number of nitrogens with zero attached hydrogens (tertiary/aromatic N) is 2. The number of morpholine rings is 1. The summed E-state index contributed by atoms with van der Waals surface area (Å²) in [7, 11) is 0. The van der Waals surface area contributed by atoms with E-state index in [1.165, 1.54) is 6.92 Å². The topological polar surface area (TPSA) is 59.5 Å². The maximum atomic E-state index is 12.4. The molecule has 0 spiro atoms. The number of carbonyl (C=O) groups is 2. The highest BCUT2D eigenvalue weighted by atomic mass is 16.5. The summed E-state index contributed by atoms with van der Waals surface area (Å²) in [6.07, 6.45) is 0. The molecule has 23 heavy (non-hydrogen) atoms. The van der Waals surface area contributed by atoms with Crippen LogP contribution in [0.2, 0.25) is 0 Å². The van der Waals surface area contributed by atoms with Gasteiger partial charge >= 0.3 is 0 Å². The van der Waals surface area contributed by atoms with Gasteiger partial charge < -0.3 is 9.64 Å². The average molecular weight is 314 g/mol. The minimum absolute atomic E-state index is 0.0518. The molecule has 0 saturated carbocycles. The number of aromatic nitrogens is 1. The second kappa shape index (κ2) is 7.83. The van der Waals surface area contributed by atoms with E-state index in [4.69, 9.17) is 4.74 Å². The molecule has 1 aromatic heterocycles. The van der Waals surface area contributed by atoms with Gasteiger partial charge in [-0.25, -0.2) is 4.98 Å². The van der Waals surface area contributed by atoms with Crippen molar-refractivity contribution in [1.29, 1.82) is 0 Å². The van der Waals surface area contributed by atoms with E-state index in [9.17, 15) is 9.59 Å². The molecule has 0 bridgehead atoms. The summed E-state index contributed by atoms with van der Waals surface area (Å²) in [5, 5.41) is 0.862. The van der Waals surface area contributed by atoms with Crippen molar-refractivity contribution < 1.29 is 14.3 Å². The Morgan fingerprint density at radius 2 is 1.78 bits per heavy atom. The lowest BCUT2D eigenvalue weighted by atomic mass is 10.1. The first-order valence-corrected chi connectivity index (χ1v) is 7.94. The Bertz CT molecular complexity index is 706. The van der Waals surface area contributed by atoms with Gasteiger partial charge in [0.05, 0.1) is 18.7 Å². The minimum atomic E-state index is -0.112.